The highest BCUT2D eigenvalue weighted by Gasteiger charge is 2.26. The highest BCUT2D eigenvalue weighted by atomic mass is 16.5. The number of carbonyl (C=O) groups excluding carboxylic acids is 1. The Morgan fingerprint density at radius 1 is 1.38 bits per heavy atom. The first-order valence-corrected chi connectivity index (χ1v) is 8.16. The van der Waals surface area contributed by atoms with Crippen LogP contribution < -0.4 is 0 Å². The van der Waals surface area contributed by atoms with Crippen LogP contribution in [0.1, 0.15) is 36.2 Å². The lowest BCUT2D eigenvalue weighted by Crippen LogP contribution is -2.42. The number of ether oxygens (including phenoxy) is 1. The molecule has 2 aromatic rings. The lowest BCUT2D eigenvalue weighted by molar-refractivity contribution is -0.139. The Bertz CT molecular complexity index is 668. The van der Waals surface area contributed by atoms with Crippen molar-refractivity contribution in [3.63, 3.8) is 0 Å². The Morgan fingerprint density at radius 2 is 2.25 bits per heavy atom. The third-order valence-corrected chi connectivity index (χ3v) is 3.98. The van der Waals surface area contributed by atoms with Gasteiger partial charge in [0.05, 0.1) is 18.8 Å². The van der Waals surface area contributed by atoms with Crippen molar-refractivity contribution in [3.05, 3.63) is 35.9 Å². The number of morpholine rings is 1. The van der Waals surface area contributed by atoms with Gasteiger partial charge in [0.1, 0.15) is 24.6 Å². The topological polar surface area (TPSA) is 86.0 Å². The smallest absolute Gasteiger partial charge is 0.222 e. The van der Waals surface area contributed by atoms with Gasteiger partial charge >= 0.3 is 0 Å². The molecule has 1 aliphatic rings. The van der Waals surface area contributed by atoms with E-state index in [1.165, 1.54) is 6.33 Å². The maximum absolute atomic E-state index is 12.4. The molecule has 0 aliphatic carbocycles. The molecule has 0 aromatic carbocycles. The highest BCUT2D eigenvalue weighted by molar-refractivity contribution is 5.76. The lowest BCUT2D eigenvalue weighted by atomic mass is 10.1. The molecule has 0 unspecified atom stereocenters. The molecule has 0 N–H and O–H groups in total. The average molecular weight is 330 g/mol. The molecule has 3 rings (SSSR count). The number of rotatable bonds is 5. The Labute approximate surface area is 140 Å². The van der Waals surface area contributed by atoms with Gasteiger partial charge in [-0.15, -0.1) is 0 Å². The van der Waals surface area contributed by atoms with E-state index in [0.29, 0.717) is 32.7 Å². The fourth-order valence-corrected chi connectivity index (χ4v) is 2.86. The number of amides is 1. The molecule has 1 saturated heterocycles. The summed E-state index contributed by atoms with van der Waals surface area (Å²) in [5, 5.41) is 4.04. The molecule has 24 heavy (non-hydrogen) atoms. The quantitative estimate of drug-likeness (QED) is 0.815. The fourth-order valence-electron chi connectivity index (χ4n) is 2.86. The second-order valence-electron chi connectivity index (χ2n) is 5.94. The molecule has 0 saturated carbocycles. The van der Waals surface area contributed by atoms with Gasteiger partial charge < -0.3 is 9.64 Å². The zero-order chi connectivity index (χ0) is 16.9. The van der Waals surface area contributed by atoms with Crippen LogP contribution in [0.3, 0.4) is 0 Å². The maximum atomic E-state index is 12.4. The van der Waals surface area contributed by atoms with Crippen LogP contribution in [0.4, 0.5) is 0 Å². The lowest BCUT2D eigenvalue weighted by Gasteiger charge is -2.33. The SMILES string of the molecule is Cc1cc([C@H]2CN(C(=O)CCCn3cncn3)CCO2)nc(C)n1. The number of hydrogen-bond acceptors (Lipinski definition) is 6. The predicted octanol–water partition coefficient (Wildman–Crippen LogP) is 1.07. The second kappa shape index (κ2) is 7.48. The van der Waals surface area contributed by atoms with Crippen LogP contribution in [0.2, 0.25) is 0 Å². The second-order valence-corrected chi connectivity index (χ2v) is 5.94. The summed E-state index contributed by atoms with van der Waals surface area (Å²) < 4.78 is 7.55. The number of aromatic nitrogens is 5. The zero-order valence-corrected chi connectivity index (χ0v) is 14.1. The molecule has 0 bridgehead atoms. The van der Waals surface area contributed by atoms with Crippen molar-refractivity contribution in [3.8, 4) is 0 Å². The van der Waals surface area contributed by atoms with Gasteiger partial charge in [-0.3, -0.25) is 9.48 Å². The Morgan fingerprint density at radius 3 is 3.00 bits per heavy atom. The van der Waals surface area contributed by atoms with Crippen molar-refractivity contribution < 1.29 is 9.53 Å². The van der Waals surface area contributed by atoms with Crippen molar-refractivity contribution in [2.75, 3.05) is 19.7 Å². The van der Waals surface area contributed by atoms with Crippen LogP contribution in [0.25, 0.3) is 0 Å². The van der Waals surface area contributed by atoms with Crippen LogP contribution >= 0.6 is 0 Å². The number of hydrogen-bond donors (Lipinski definition) is 0. The van der Waals surface area contributed by atoms with E-state index in [1.54, 1.807) is 11.0 Å². The average Bonchev–Trinajstić information content (AvgIpc) is 3.07. The number of nitrogens with zero attached hydrogens (tertiary/aromatic N) is 6. The highest BCUT2D eigenvalue weighted by Crippen LogP contribution is 2.22. The molecule has 128 valence electrons. The molecule has 1 amide bonds. The standard InChI is InChI=1S/C16H22N6O2/c1-12-8-14(20-13(2)19-12)15-9-21(6-7-24-15)16(23)4-3-5-22-11-17-10-18-22/h8,10-11,15H,3-7,9H2,1-2H3/t15-/m1/s1. The van der Waals surface area contributed by atoms with E-state index in [2.05, 4.69) is 20.1 Å². The Kier molecular flexibility index (Phi) is 5.14. The minimum Gasteiger partial charge on any atom is -0.368 e. The summed E-state index contributed by atoms with van der Waals surface area (Å²) in [7, 11) is 0. The van der Waals surface area contributed by atoms with Crippen molar-refractivity contribution in [2.45, 2.75) is 39.3 Å². The van der Waals surface area contributed by atoms with E-state index in [4.69, 9.17) is 4.74 Å². The largest absolute Gasteiger partial charge is 0.368 e. The molecular formula is C16H22N6O2. The molecule has 0 spiro atoms. The molecule has 0 radical (unpaired) electrons. The van der Waals surface area contributed by atoms with Crippen LogP contribution in [0, 0.1) is 13.8 Å². The summed E-state index contributed by atoms with van der Waals surface area (Å²) in [6.07, 6.45) is 4.22. The van der Waals surface area contributed by atoms with Crippen molar-refractivity contribution in [2.24, 2.45) is 0 Å². The zero-order valence-electron chi connectivity index (χ0n) is 14.1. The summed E-state index contributed by atoms with van der Waals surface area (Å²) in [4.78, 5) is 26.9. The van der Waals surface area contributed by atoms with Gasteiger partial charge in [-0.1, -0.05) is 0 Å². The van der Waals surface area contributed by atoms with Gasteiger partial charge in [0, 0.05) is 25.2 Å². The first-order chi connectivity index (χ1) is 11.6. The summed E-state index contributed by atoms with van der Waals surface area (Å²) in [6.45, 7) is 6.20. The van der Waals surface area contributed by atoms with E-state index in [1.807, 2.05) is 24.8 Å². The van der Waals surface area contributed by atoms with Crippen LogP contribution in [0.15, 0.2) is 18.7 Å². The maximum Gasteiger partial charge on any atom is 0.222 e. The minimum atomic E-state index is -0.182. The molecule has 3 heterocycles. The van der Waals surface area contributed by atoms with E-state index in [9.17, 15) is 4.79 Å². The first-order valence-electron chi connectivity index (χ1n) is 8.16. The van der Waals surface area contributed by atoms with E-state index >= 15 is 0 Å². The Hall–Kier alpha value is -2.35. The normalized spacial score (nSPS) is 17.9. The molecule has 8 heteroatoms. The van der Waals surface area contributed by atoms with Gasteiger partial charge in [0.15, 0.2) is 0 Å². The van der Waals surface area contributed by atoms with E-state index in [-0.39, 0.29) is 12.0 Å². The van der Waals surface area contributed by atoms with E-state index < -0.39 is 0 Å². The number of aryl methyl sites for hydroxylation is 3. The van der Waals surface area contributed by atoms with Crippen LogP contribution in [-0.4, -0.2) is 55.2 Å². The number of carbonyl (C=O) groups is 1. The van der Waals surface area contributed by atoms with Gasteiger partial charge in [-0.2, -0.15) is 5.10 Å². The molecule has 2 aromatic heterocycles. The van der Waals surface area contributed by atoms with Crippen LogP contribution in [0.5, 0.6) is 0 Å². The van der Waals surface area contributed by atoms with Gasteiger partial charge in [-0.05, 0) is 26.3 Å². The van der Waals surface area contributed by atoms with E-state index in [0.717, 1.165) is 23.6 Å². The summed E-state index contributed by atoms with van der Waals surface area (Å²) in [6, 6.07) is 1.93. The summed E-state index contributed by atoms with van der Waals surface area (Å²) >= 11 is 0. The molecular weight excluding hydrogens is 308 g/mol. The predicted molar refractivity (Wildman–Crippen MR) is 86.0 cm³/mol. The fraction of sp³-hybridized carbons (Fsp3) is 0.562. The van der Waals surface area contributed by atoms with Crippen molar-refractivity contribution in [1.29, 1.82) is 0 Å². The van der Waals surface area contributed by atoms with Gasteiger partial charge in [0.25, 0.3) is 0 Å². The summed E-state index contributed by atoms with van der Waals surface area (Å²) in [5.41, 5.74) is 1.76. The minimum absolute atomic E-state index is 0.144. The van der Waals surface area contributed by atoms with Gasteiger partial charge in [0.2, 0.25) is 5.91 Å². The molecule has 8 nitrogen and oxygen atoms in total. The van der Waals surface area contributed by atoms with Gasteiger partial charge in [-0.25, -0.2) is 15.0 Å². The summed E-state index contributed by atoms with van der Waals surface area (Å²) in [5.74, 6) is 0.871. The first kappa shape index (κ1) is 16.5. The van der Waals surface area contributed by atoms with Crippen LogP contribution in [-0.2, 0) is 16.1 Å². The monoisotopic (exact) mass is 330 g/mol. The van der Waals surface area contributed by atoms with Crippen molar-refractivity contribution >= 4 is 5.91 Å². The third kappa shape index (κ3) is 4.14. The Balaban J connectivity index is 1.55. The molecule has 1 aliphatic heterocycles. The molecule has 1 fully saturated rings. The molecule has 1 atom stereocenters. The van der Waals surface area contributed by atoms with Crippen molar-refractivity contribution in [1.82, 2.24) is 29.6 Å². The third-order valence-electron chi connectivity index (χ3n) is 3.98.